The second kappa shape index (κ2) is 8.74. The lowest BCUT2D eigenvalue weighted by molar-refractivity contribution is -0.143. The zero-order chi connectivity index (χ0) is 22.3. The zero-order valence-electron chi connectivity index (χ0n) is 16.9. The van der Waals surface area contributed by atoms with Crippen LogP contribution in [0.2, 0.25) is 10.0 Å². The highest BCUT2D eigenvalue weighted by Gasteiger charge is 2.34. The molecule has 4 rings (SSSR count). The molecule has 1 aliphatic heterocycles. The minimum Gasteiger partial charge on any atom is -0.459 e. The first-order valence-corrected chi connectivity index (χ1v) is 11.9. The minimum atomic E-state index is -0.585. The van der Waals surface area contributed by atoms with Crippen molar-refractivity contribution >= 4 is 57.9 Å². The summed E-state index contributed by atoms with van der Waals surface area (Å²) in [7, 11) is 0. The van der Waals surface area contributed by atoms with Gasteiger partial charge in [0.05, 0.1) is 32.0 Å². The second-order valence-electron chi connectivity index (χ2n) is 7.22. The Hall–Kier alpha value is -2.19. The number of esters is 1. The number of allylic oxidation sites excluding steroid dienone is 1. The molecule has 0 aliphatic carbocycles. The molecule has 9 heteroatoms. The van der Waals surface area contributed by atoms with Crippen LogP contribution >= 0.6 is 45.9 Å². The lowest BCUT2D eigenvalue weighted by Crippen LogP contribution is -2.39. The predicted octanol–water partition coefficient (Wildman–Crippen LogP) is 4.56. The number of carbonyl (C=O) groups excluding carboxylic acids is 1. The third kappa shape index (κ3) is 4.28. The van der Waals surface area contributed by atoms with Crippen LogP contribution in [0.1, 0.15) is 37.3 Å². The summed E-state index contributed by atoms with van der Waals surface area (Å²) in [6.07, 6.45) is 1.47. The lowest BCUT2D eigenvalue weighted by atomic mass is 10.0. The molecule has 31 heavy (non-hydrogen) atoms. The van der Waals surface area contributed by atoms with E-state index >= 15 is 0 Å². The van der Waals surface area contributed by atoms with Crippen LogP contribution in [0, 0.1) is 0 Å². The number of thiazole rings is 1. The number of fused-ring (bicyclic) bond motifs is 1. The van der Waals surface area contributed by atoms with Gasteiger partial charge in [-0.05, 0) is 56.0 Å². The van der Waals surface area contributed by atoms with Gasteiger partial charge in [-0.1, -0.05) is 46.7 Å². The van der Waals surface area contributed by atoms with Crippen LogP contribution in [0.3, 0.4) is 0 Å². The average molecular weight is 493 g/mol. The van der Waals surface area contributed by atoms with Crippen molar-refractivity contribution in [2.45, 2.75) is 32.9 Å². The van der Waals surface area contributed by atoms with E-state index in [2.05, 4.69) is 4.99 Å². The standard InChI is InChI=1S/C22H18Cl2N2O3S2/c1-11(2)29-21(28)18-12(3)25-22-26(19(18)16-5-4-8-30-16)20(27)17(31-22)10-13-6-7-14(23)15(24)9-13/h4-11,19H,1-3H3. The molecule has 0 N–H and O–H groups in total. The van der Waals surface area contributed by atoms with E-state index in [0.29, 0.717) is 30.6 Å². The molecular weight excluding hydrogens is 475 g/mol. The predicted molar refractivity (Wildman–Crippen MR) is 126 cm³/mol. The summed E-state index contributed by atoms with van der Waals surface area (Å²) in [5.74, 6) is -0.464. The van der Waals surface area contributed by atoms with E-state index in [-0.39, 0.29) is 11.7 Å². The Kier molecular flexibility index (Phi) is 6.21. The third-order valence-electron chi connectivity index (χ3n) is 4.64. The first kappa shape index (κ1) is 22.0. The Bertz CT molecular complexity index is 1370. The molecule has 1 unspecified atom stereocenters. The molecule has 1 aliphatic rings. The number of aromatic nitrogens is 1. The normalized spacial score (nSPS) is 16.5. The van der Waals surface area contributed by atoms with Crippen molar-refractivity contribution in [1.82, 2.24) is 4.57 Å². The number of rotatable bonds is 4. The molecule has 0 saturated heterocycles. The Morgan fingerprint density at radius 3 is 2.68 bits per heavy atom. The van der Waals surface area contributed by atoms with Gasteiger partial charge in [-0.25, -0.2) is 9.79 Å². The van der Waals surface area contributed by atoms with Crippen molar-refractivity contribution in [3.05, 3.63) is 87.2 Å². The summed E-state index contributed by atoms with van der Waals surface area (Å²) in [5.41, 5.74) is 1.45. The van der Waals surface area contributed by atoms with Gasteiger partial charge in [0.1, 0.15) is 6.04 Å². The topological polar surface area (TPSA) is 60.7 Å². The van der Waals surface area contributed by atoms with E-state index in [1.807, 2.05) is 17.5 Å². The van der Waals surface area contributed by atoms with Crippen molar-refractivity contribution in [3.8, 4) is 0 Å². The van der Waals surface area contributed by atoms with Crippen LogP contribution in [-0.2, 0) is 9.53 Å². The van der Waals surface area contributed by atoms with Gasteiger partial charge >= 0.3 is 5.97 Å². The highest BCUT2D eigenvalue weighted by molar-refractivity contribution is 7.10. The van der Waals surface area contributed by atoms with E-state index in [1.54, 1.807) is 49.6 Å². The molecule has 1 atom stereocenters. The van der Waals surface area contributed by atoms with E-state index in [9.17, 15) is 9.59 Å². The van der Waals surface area contributed by atoms with Crippen molar-refractivity contribution in [2.24, 2.45) is 4.99 Å². The van der Waals surface area contributed by atoms with Crippen molar-refractivity contribution in [3.63, 3.8) is 0 Å². The van der Waals surface area contributed by atoms with E-state index in [1.165, 1.54) is 22.7 Å². The molecule has 0 bridgehead atoms. The molecule has 0 fully saturated rings. The number of ether oxygens (including phenoxy) is 1. The monoisotopic (exact) mass is 492 g/mol. The second-order valence-corrected chi connectivity index (χ2v) is 10.0. The Morgan fingerprint density at radius 1 is 1.26 bits per heavy atom. The number of hydrogen-bond acceptors (Lipinski definition) is 6. The van der Waals surface area contributed by atoms with Crippen LogP contribution < -0.4 is 14.9 Å². The van der Waals surface area contributed by atoms with Gasteiger partial charge in [-0.15, -0.1) is 11.3 Å². The summed E-state index contributed by atoms with van der Waals surface area (Å²) in [6, 6.07) is 8.40. The van der Waals surface area contributed by atoms with Gasteiger partial charge in [0.15, 0.2) is 4.80 Å². The summed E-state index contributed by atoms with van der Waals surface area (Å²) >= 11 is 14.9. The highest BCUT2D eigenvalue weighted by atomic mass is 35.5. The van der Waals surface area contributed by atoms with Gasteiger partial charge < -0.3 is 4.74 Å². The maximum atomic E-state index is 13.4. The van der Waals surface area contributed by atoms with E-state index in [4.69, 9.17) is 27.9 Å². The van der Waals surface area contributed by atoms with E-state index < -0.39 is 12.0 Å². The maximum absolute atomic E-state index is 13.4. The number of halogens is 2. The van der Waals surface area contributed by atoms with Crippen LogP contribution in [0.15, 0.2) is 56.8 Å². The number of thiophene rings is 1. The molecule has 5 nitrogen and oxygen atoms in total. The van der Waals surface area contributed by atoms with Crippen molar-refractivity contribution < 1.29 is 9.53 Å². The maximum Gasteiger partial charge on any atom is 0.338 e. The fourth-order valence-corrected chi connectivity index (χ4v) is 5.51. The van der Waals surface area contributed by atoms with Crippen LogP contribution in [0.5, 0.6) is 0 Å². The molecule has 0 radical (unpaired) electrons. The first-order chi connectivity index (χ1) is 14.8. The summed E-state index contributed by atoms with van der Waals surface area (Å²) in [4.78, 5) is 32.3. The smallest absolute Gasteiger partial charge is 0.338 e. The largest absolute Gasteiger partial charge is 0.459 e. The molecule has 2 aromatic heterocycles. The van der Waals surface area contributed by atoms with Crippen LogP contribution in [-0.4, -0.2) is 16.6 Å². The summed E-state index contributed by atoms with van der Waals surface area (Å²) in [5, 5.41) is 2.78. The molecule has 0 spiro atoms. The fourth-order valence-electron chi connectivity index (χ4n) is 3.33. The Labute approximate surface area is 196 Å². The quantitative estimate of drug-likeness (QED) is 0.501. The van der Waals surface area contributed by atoms with Crippen LogP contribution in [0.4, 0.5) is 0 Å². The SMILES string of the molecule is CC1=C(C(=O)OC(C)C)C(c2cccs2)n2c(sc(=Cc3ccc(Cl)c(Cl)c3)c2=O)=N1. The zero-order valence-corrected chi connectivity index (χ0v) is 20.0. The van der Waals surface area contributed by atoms with Crippen molar-refractivity contribution in [1.29, 1.82) is 0 Å². The number of benzene rings is 1. The van der Waals surface area contributed by atoms with Crippen molar-refractivity contribution in [2.75, 3.05) is 0 Å². The average Bonchev–Trinajstić information content (AvgIpc) is 3.32. The summed E-state index contributed by atoms with van der Waals surface area (Å²) < 4.78 is 7.53. The highest BCUT2D eigenvalue weighted by Crippen LogP contribution is 2.33. The molecular formula is C22H18Cl2N2O3S2. The fraction of sp³-hybridized carbons (Fsp3) is 0.227. The van der Waals surface area contributed by atoms with E-state index in [0.717, 1.165) is 10.4 Å². The third-order valence-corrected chi connectivity index (χ3v) is 7.29. The molecule has 0 saturated carbocycles. The van der Waals surface area contributed by atoms with Gasteiger partial charge in [-0.2, -0.15) is 0 Å². The molecule has 1 aromatic carbocycles. The molecule has 3 heterocycles. The molecule has 160 valence electrons. The first-order valence-electron chi connectivity index (χ1n) is 9.48. The van der Waals surface area contributed by atoms with Gasteiger partial charge in [0, 0.05) is 4.88 Å². The van der Waals surface area contributed by atoms with Gasteiger partial charge in [-0.3, -0.25) is 9.36 Å². The summed E-state index contributed by atoms with van der Waals surface area (Å²) in [6.45, 7) is 5.36. The number of nitrogens with zero attached hydrogens (tertiary/aromatic N) is 2. The lowest BCUT2D eigenvalue weighted by Gasteiger charge is -2.24. The Morgan fingerprint density at radius 2 is 2.03 bits per heavy atom. The number of hydrogen-bond donors (Lipinski definition) is 0. The Balaban J connectivity index is 1.92. The molecule has 0 amide bonds. The molecule has 3 aromatic rings. The number of carbonyl (C=O) groups is 1. The van der Waals surface area contributed by atoms with Crippen LogP contribution in [0.25, 0.3) is 6.08 Å². The van der Waals surface area contributed by atoms with Gasteiger partial charge in [0.2, 0.25) is 0 Å². The minimum absolute atomic E-state index is 0.226. The van der Waals surface area contributed by atoms with Gasteiger partial charge in [0.25, 0.3) is 5.56 Å².